The van der Waals surface area contributed by atoms with E-state index in [9.17, 15) is 22.4 Å². The Labute approximate surface area is 184 Å². The second-order valence-electron chi connectivity index (χ2n) is 7.63. The number of carbonyl (C=O) groups excluding carboxylic acids is 1. The first kappa shape index (κ1) is 22.2. The molecule has 32 heavy (non-hydrogen) atoms. The van der Waals surface area contributed by atoms with Crippen molar-refractivity contribution in [2.24, 2.45) is 0 Å². The van der Waals surface area contributed by atoms with Crippen molar-refractivity contribution < 1.29 is 22.0 Å². The van der Waals surface area contributed by atoms with Crippen molar-refractivity contribution in [3.8, 4) is 0 Å². The summed E-state index contributed by atoms with van der Waals surface area (Å²) in [5, 5.41) is 0. The van der Waals surface area contributed by atoms with Crippen LogP contribution in [0.2, 0.25) is 0 Å². The maximum atomic E-state index is 13.5. The van der Waals surface area contributed by atoms with Crippen LogP contribution in [-0.2, 0) is 21.4 Å². The first-order valence-corrected chi connectivity index (χ1v) is 11.9. The van der Waals surface area contributed by atoms with Crippen LogP contribution in [0.1, 0.15) is 26.2 Å². The van der Waals surface area contributed by atoms with Crippen LogP contribution in [0.4, 0.5) is 10.1 Å². The van der Waals surface area contributed by atoms with Gasteiger partial charge in [-0.05, 0) is 50.1 Å². The molecule has 1 saturated heterocycles. The quantitative estimate of drug-likeness (QED) is 0.539. The van der Waals surface area contributed by atoms with E-state index in [1.165, 1.54) is 50.2 Å². The van der Waals surface area contributed by atoms with Gasteiger partial charge < -0.3 is 9.32 Å². The number of halogens is 1. The number of hydrogen-bond acceptors (Lipinski definition) is 5. The Morgan fingerprint density at radius 2 is 1.91 bits per heavy atom. The van der Waals surface area contributed by atoms with E-state index in [2.05, 4.69) is 0 Å². The Morgan fingerprint density at radius 1 is 1.16 bits per heavy atom. The largest absolute Gasteiger partial charge is 0.419 e. The zero-order valence-corrected chi connectivity index (χ0v) is 18.5. The number of amides is 1. The third-order valence-corrected chi connectivity index (χ3v) is 7.52. The van der Waals surface area contributed by atoms with Crippen molar-refractivity contribution in [2.75, 3.05) is 24.5 Å². The van der Waals surface area contributed by atoms with Crippen molar-refractivity contribution in [3.63, 3.8) is 0 Å². The summed E-state index contributed by atoms with van der Waals surface area (Å²) in [7, 11) is -3.64. The molecule has 0 atom stereocenters. The number of benzene rings is 2. The smallest absolute Gasteiger partial charge is 0.408 e. The van der Waals surface area contributed by atoms with Crippen LogP contribution >= 0.6 is 0 Å². The second-order valence-corrected chi connectivity index (χ2v) is 9.57. The molecule has 0 radical (unpaired) electrons. The van der Waals surface area contributed by atoms with Crippen molar-refractivity contribution in [2.45, 2.75) is 37.6 Å². The minimum atomic E-state index is -3.64. The molecule has 10 heteroatoms. The van der Waals surface area contributed by atoms with Gasteiger partial charge in [0.15, 0.2) is 5.58 Å². The van der Waals surface area contributed by atoms with Gasteiger partial charge >= 0.3 is 5.76 Å². The number of rotatable bonds is 7. The number of anilines is 1. The van der Waals surface area contributed by atoms with Crippen LogP contribution in [0.15, 0.2) is 56.6 Å². The van der Waals surface area contributed by atoms with Gasteiger partial charge in [-0.1, -0.05) is 6.07 Å². The fraction of sp³-hybridized carbons (Fsp3) is 0.364. The summed E-state index contributed by atoms with van der Waals surface area (Å²) >= 11 is 0. The van der Waals surface area contributed by atoms with E-state index in [0.29, 0.717) is 30.8 Å². The average Bonchev–Trinajstić information content (AvgIpc) is 3.40. The molecule has 0 aliphatic carbocycles. The summed E-state index contributed by atoms with van der Waals surface area (Å²) in [5.41, 5.74) is 1.01. The minimum absolute atomic E-state index is 0.00722. The molecular formula is C22H24FN3O5S. The third-order valence-electron chi connectivity index (χ3n) is 5.63. The van der Waals surface area contributed by atoms with Gasteiger partial charge in [-0.3, -0.25) is 9.36 Å². The van der Waals surface area contributed by atoms with Gasteiger partial charge in [0.25, 0.3) is 0 Å². The molecule has 2 heterocycles. The van der Waals surface area contributed by atoms with Crippen molar-refractivity contribution in [1.29, 1.82) is 0 Å². The molecule has 3 aromatic rings. The monoisotopic (exact) mass is 461 g/mol. The van der Waals surface area contributed by atoms with Crippen molar-refractivity contribution >= 4 is 32.7 Å². The van der Waals surface area contributed by atoms with E-state index in [-0.39, 0.29) is 29.4 Å². The molecule has 4 rings (SSSR count). The van der Waals surface area contributed by atoms with Gasteiger partial charge in [-0.15, -0.1) is 0 Å². The lowest BCUT2D eigenvalue weighted by atomic mass is 10.2. The molecular weight excluding hydrogens is 437 g/mol. The highest BCUT2D eigenvalue weighted by atomic mass is 32.2. The van der Waals surface area contributed by atoms with Crippen LogP contribution in [-0.4, -0.2) is 42.8 Å². The molecule has 1 fully saturated rings. The summed E-state index contributed by atoms with van der Waals surface area (Å²) in [5.74, 6) is -1.38. The number of carbonyl (C=O) groups is 1. The fourth-order valence-corrected chi connectivity index (χ4v) is 5.52. The highest BCUT2D eigenvalue weighted by Gasteiger charge is 2.28. The lowest BCUT2D eigenvalue weighted by molar-refractivity contribution is -0.118. The summed E-state index contributed by atoms with van der Waals surface area (Å²) in [6.45, 7) is 3.14. The molecule has 2 aromatic carbocycles. The molecule has 8 nitrogen and oxygen atoms in total. The zero-order chi connectivity index (χ0) is 22.9. The maximum absolute atomic E-state index is 13.5. The topological polar surface area (TPSA) is 92.8 Å². The maximum Gasteiger partial charge on any atom is 0.419 e. The van der Waals surface area contributed by atoms with Gasteiger partial charge in [0.2, 0.25) is 15.9 Å². The van der Waals surface area contributed by atoms with E-state index in [0.717, 1.165) is 12.8 Å². The predicted molar refractivity (Wildman–Crippen MR) is 118 cm³/mol. The molecule has 1 amide bonds. The first-order chi connectivity index (χ1) is 15.3. The van der Waals surface area contributed by atoms with Gasteiger partial charge in [-0.2, -0.15) is 4.31 Å². The van der Waals surface area contributed by atoms with E-state index >= 15 is 0 Å². The summed E-state index contributed by atoms with van der Waals surface area (Å²) < 4.78 is 47.1. The SMILES string of the molecule is CCN(C(=O)CCn1c(=O)oc2cc(S(=O)(=O)N3CCCC3)ccc21)c1cccc(F)c1. The number of aryl methyl sites for hydroxylation is 1. The summed E-state index contributed by atoms with van der Waals surface area (Å²) in [6.07, 6.45) is 1.64. The Hall–Kier alpha value is -2.98. The Bertz CT molecular complexity index is 1310. The van der Waals surface area contributed by atoms with E-state index in [4.69, 9.17) is 4.42 Å². The number of hydrogen-bond donors (Lipinski definition) is 0. The van der Waals surface area contributed by atoms with Crippen LogP contribution in [0, 0.1) is 5.82 Å². The molecule has 0 N–H and O–H groups in total. The fourth-order valence-electron chi connectivity index (χ4n) is 3.99. The van der Waals surface area contributed by atoms with Crippen LogP contribution in [0.25, 0.3) is 11.1 Å². The predicted octanol–water partition coefficient (Wildman–Crippen LogP) is 2.96. The Balaban J connectivity index is 1.55. The zero-order valence-electron chi connectivity index (χ0n) is 17.7. The molecule has 1 aromatic heterocycles. The normalized spacial score (nSPS) is 14.8. The second kappa shape index (κ2) is 8.87. The number of aromatic nitrogens is 1. The van der Waals surface area contributed by atoms with Crippen LogP contribution < -0.4 is 10.7 Å². The standard InChI is InChI=1S/C22H24FN3O5S/c1-2-25(17-7-5-6-16(23)14-17)21(27)10-13-26-19-9-8-18(15-20(19)31-22(26)28)32(29,30)24-11-3-4-12-24/h5-9,14-15H,2-4,10-13H2,1H3. The van der Waals surface area contributed by atoms with Crippen LogP contribution in [0.5, 0.6) is 0 Å². The summed E-state index contributed by atoms with van der Waals surface area (Å²) in [6, 6.07) is 10.1. The molecule has 0 saturated carbocycles. The molecule has 0 unspecified atom stereocenters. The number of sulfonamides is 1. The number of fused-ring (bicyclic) bond motifs is 1. The third kappa shape index (κ3) is 4.20. The average molecular weight is 462 g/mol. The van der Waals surface area contributed by atoms with E-state index < -0.39 is 21.6 Å². The van der Waals surface area contributed by atoms with Gasteiger partial charge in [-0.25, -0.2) is 17.6 Å². The van der Waals surface area contributed by atoms with Gasteiger partial charge in [0.05, 0.1) is 10.4 Å². The van der Waals surface area contributed by atoms with Crippen LogP contribution in [0.3, 0.4) is 0 Å². The number of nitrogens with zero attached hydrogens (tertiary/aromatic N) is 3. The molecule has 0 spiro atoms. The number of oxazole rings is 1. The molecule has 1 aliphatic heterocycles. The Kier molecular flexibility index (Phi) is 6.16. The van der Waals surface area contributed by atoms with Gasteiger partial charge in [0, 0.05) is 44.4 Å². The van der Waals surface area contributed by atoms with E-state index in [1.54, 1.807) is 13.0 Å². The molecule has 170 valence electrons. The highest BCUT2D eigenvalue weighted by molar-refractivity contribution is 7.89. The molecule has 1 aliphatic rings. The first-order valence-electron chi connectivity index (χ1n) is 10.5. The van der Waals surface area contributed by atoms with Crippen molar-refractivity contribution in [1.82, 2.24) is 8.87 Å². The lowest BCUT2D eigenvalue weighted by Crippen LogP contribution is -2.32. The Morgan fingerprint density at radius 3 is 2.59 bits per heavy atom. The molecule has 0 bridgehead atoms. The van der Waals surface area contributed by atoms with Crippen molar-refractivity contribution in [3.05, 3.63) is 58.8 Å². The van der Waals surface area contributed by atoms with Gasteiger partial charge in [0.1, 0.15) is 5.82 Å². The lowest BCUT2D eigenvalue weighted by Gasteiger charge is -2.21. The highest BCUT2D eigenvalue weighted by Crippen LogP contribution is 2.24. The van der Waals surface area contributed by atoms with E-state index in [1.807, 2.05) is 0 Å². The summed E-state index contributed by atoms with van der Waals surface area (Å²) in [4.78, 5) is 26.6. The minimum Gasteiger partial charge on any atom is -0.408 e.